The molecule has 1 aliphatic rings. The van der Waals surface area contributed by atoms with E-state index in [1.165, 1.54) is 6.42 Å². The Morgan fingerprint density at radius 3 is 1.88 bits per heavy atom. The second kappa shape index (κ2) is 2.26. The summed E-state index contributed by atoms with van der Waals surface area (Å²) in [6.07, 6.45) is 5.77. The van der Waals surface area contributed by atoms with E-state index in [1.54, 1.807) is 0 Å². The third-order valence-corrected chi connectivity index (χ3v) is 7.62. The molecule has 8 heavy (non-hydrogen) atoms. The van der Waals surface area contributed by atoms with Gasteiger partial charge < -0.3 is 0 Å². The van der Waals surface area contributed by atoms with E-state index in [4.69, 9.17) is 0 Å². The molecular formula is C7H12Sn. The molecule has 0 amide bonds. The first-order chi connectivity index (χ1) is 3.71. The molecule has 44 valence electrons. The first kappa shape index (κ1) is 6.40. The summed E-state index contributed by atoms with van der Waals surface area (Å²) in [5, 5.41) is 0. The van der Waals surface area contributed by atoms with Crippen molar-refractivity contribution in [2.24, 2.45) is 0 Å². The number of hydrogen-bond acceptors (Lipinski definition) is 0. The Balaban J connectivity index is 2.69. The van der Waals surface area contributed by atoms with E-state index in [9.17, 15) is 0 Å². The molecule has 0 saturated carbocycles. The van der Waals surface area contributed by atoms with Crippen LogP contribution in [0, 0.1) is 0 Å². The molecule has 1 aliphatic heterocycles. The van der Waals surface area contributed by atoms with E-state index in [0.29, 0.717) is 0 Å². The molecule has 0 aromatic heterocycles. The van der Waals surface area contributed by atoms with Crippen molar-refractivity contribution in [2.75, 3.05) is 0 Å². The Labute approximate surface area is 55.2 Å². The summed E-state index contributed by atoms with van der Waals surface area (Å²) in [4.78, 5) is 4.84. The third kappa shape index (κ3) is 1.66. The summed E-state index contributed by atoms with van der Waals surface area (Å²) in [6.45, 7) is 0. The molecule has 0 saturated heterocycles. The van der Waals surface area contributed by atoms with E-state index in [0.717, 1.165) is 0 Å². The van der Waals surface area contributed by atoms with Crippen LogP contribution in [-0.2, 0) is 0 Å². The molecule has 0 fully saturated rings. The molecule has 0 nitrogen and oxygen atoms in total. The van der Waals surface area contributed by atoms with E-state index in [1.807, 2.05) is 0 Å². The number of allylic oxidation sites excluding steroid dienone is 2. The van der Waals surface area contributed by atoms with Crippen LogP contribution in [0.5, 0.6) is 0 Å². The van der Waals surface area contributed by atoms with Gasteiger partial charge in [0.15, 0.2) is 0 Å². The van der Waals surface area contributed by atoms with Crippen molar-refractivity contribution >= 4 is 18.4 Å². The molecule has 0 spiro atoms. The van der Waals surface area contributed by atoms with Gasteiger partial charge in [0.25, 0.3) is 0 Å². The minimum absolute atomic E-state index is 1.17. The van der Waals surface area contributed by atoms with Crippen LogP contribution in [0.2, 0.25) is 9.88 Å². The van der Waals surface area contributed by atoms with Gasteiger partial charge in [0.2, 0.25) is 0 Å². The van der Waals surface area contributed by atoms with E-state index in [2.05, 4.69) is 30.2 Å². The van der Waals surface area contributed by atoms with E-state index >= 15 is 0 Å². The van der Waals surface area contributed by atoms with Gasteiger partial charge >= 0.3 is 55.0 Å². The van der Waals surface area contributed by atoms with Gasteiger partial charge in [-0.2, -0.15) is 0 Å². The van der Waals surface area contributed by atoms with Crippen molar-refractivity contribution in [3.8, 4) is 0 Å². The van der Waals surface area contributed by atoms with Crippen molar-refractivity contribution in [1.29, 1.82) is 0 Å². The zero-order chi connectivity index (χ0) is 6.04. The van der Waals surface area contributed by atoms with Crippen LogP contribution in [0.1, 0.15) is 6.42 Å². The molecule has 0 aromatic rings. The average molecular weight is 215 g/mol. The molecule has 0 atom stereocenters. The van der Waals surface area contributed by atoms with Crippen LogP contribution in [-0.4, -0.2) is 18.4 Å². The molecule has 0 unspecified atom stereocenters. The summed E-state index contributed by atoms with van der Waals surface area (Å²) in [7, 11) is 0. The number of hydrogen-bond donors (Lipinski definition) is 0. The van der Waals surface area contributed by atoms with Crippen LogP contribution in [0.3, 0.4) is 0 Å². The van der Waals surface area contributed by atoms with Gasteiger partial charge in [0.1, 0.15) is 0 Å². The predicted molar refractivity (Wildman–Crippen MR) is 40.4 cm³/mol. The Hall–Kier alpha value is 0.279. The molecule has 0 bridgehead atoms. The molecule has 0 N–H and O–H groups in total. The van der Waals surface area contributed by atoms with Crippen LogP contribution < -0.4 is 0 Å². The molecule has 1 rings (SSSR count). The summed E-state index contributed by atoms with van der Waals surface area (Å²) < 4.78 is 4.91. The number of rotatable bonds is 0. The monoisotopic (exact) mass is 216 g/mol. The summed E-state index contributed by atoms with van der Waals surface area (Å²) in [6, 6.07) is 0. The van der Waals surface area contributed by atoms with Crippen LogP contribution >= 0.6 is 0 Å². The first-order valence-corrected chi connectivity index (χ1v) is 12.1. The Morgan fingerprint density at radius 2 is 1.62 bits per heavy atom. The van der Waals surface area contributed by atoms with Gasteiger partial charge in [-0.05, 0) is 0 Å². The van der Waals surface area contributed by atoms with Crippen molar-refractivity contribution in [2.45, 2.75) is 16.3 Å². The summed E-state index contributed by atoms with van der Waals surface area (Å²) in [5.41, 5.74) is 0. The SMILES string of the molecule is [CH3][Sn]1([CH3])[CH]=CCC=[CH]1. The van der Waals surface area contributed by atoms with Crippen LogP contribution in [0.4, 0.5) is 0 Å². The van der Waals surface area contributed by atoms with Gasteiger partial charge in [-0.15, -0.1) is 0 Å². The van der Waals surface area contributed by atoms with Gasteiger partial charge in [0.05, 0.1) is 0 Å². The van der Waals surface area contributed by atoms with Gasteiger partial charge in [0, 0.05) is 0 Å². The van der Waals surface area contributed by atoms with E-state index in [-0.39, 0.29) is 0 Å². The van der Waals surface area contributed by atoms with E-state index < -0.39 is 18.4 Å². The second-order valence-corrected chi connectivity index (χ2v) is 15.2. The Morgan fingerprint density at radius 1 is 1.12 bits per heavy atom. The average Bonchev–Trinajstić information content (AvgIpc) is 1.65. The third-order valence-electron chi connectivity index (χ3n) is 1.37. The maximum atomic E-state index is 2.45. The topological polar surface area (TPSA) is 0 Å². The molecule has 0 aliphatic carbocycles. The van der Waals surface area contributed by atoms with Gasteiger partial charge in [-0.3, -0.25) is 0 Å². The fourth-order valence-corrected chi connectivity index (χ4v) is 5.44. The van der Waals surface area contributed by atoms with Gasteiger partial charge in [-0.25, -0.2) is 0 Å². The minimum atomic E-state index is -1.60. The molecule has 1 heteroatoms. The zero-order valence-corrected chi connectivity index (χ0v) is 8.37. The van der Waals surface area contributed by atoms with Crippen LogP contribution in [0.25, 0.3) is 0 Å². The van der Waals surface area contributed by atoms with Crippen molar-refractivity contribution in [1.82, 2.24) is 0 Å². The van der Waals surface area contributed by atoms with Crippen molar-refractivity contribution in [3.63, 3.8) is 0 Å². The van der Waals surface area contributed by atoms with Crippen molar-refractivity contribution in [3.05, 3.63) is 20.3 Å². The standard InChI is InChI=1S/C5H6.2CH3.Sn/c1-3-5-4-2;;;/h1-4H,5H2;2*1H3;. The molecule has 1 heterocycles. The van der Waals surface area contributed by atoms with Crippen LogP contribution in [0.15, 0.2) is 20.3 Å². The quantitative estimate of drug-likeness (QED) is 0.543. The summed E-state index contributed by atoms with van der Waals surface area (Å²) >= 11 is -1.60. The fourth-order valence-electron chi connectivity index (χ4n) is 0.878. The Kier molecular flexibility index (Phi) is 1.80. The van der Waals surface area contributed by atoms with Gasteiger partial charge in [-0.1, -0.05) is 0 Å². The zero-order valence-electron chi connectivity index (χ0n) is 5.52. The maximum absolute atomic E-state index is 2.45. The molecule has 0 radical (unpaired) electrons. The summed E-state index contributed by atoms with van der Waals surface area (Å²) in [5.74, 6) is 0. The predicted octanol–water partition coefficient (Wildman–Crippen LogP) is 2.29. The Bertz CT molecular complexity index is 117. The second-order valence-electron chi connectivity index (χ2n) is 2.86. The fraction of sp³-hybridized carbons (Fsp3) is 0.429. The van der Waals surface area contributed by atoms with Crippen molar-refractivity contribution < 1.29 is 0 Å². The normalized spacial score (nSPS) is 23.8. The molecular weight excluding hydrogens is 203 g/mol. The molecule has 0 aromatic carbocycles. The first-order valence-electron chi connectivity index (χ1n) is 3.06.